The summed E-state index contributed by atoms with van der Waals surface area (Å²) in [5, 5.41) is 0. The van der Waals surface area contributed by atoms with Crippen LogP contribution in [-0.2, 0) is 15.3 Å². The van der Waals surface area contributed by atoms with Crippen LogP contribution in [0.3, 0.4) is 0 Å². The van der Waals surface area contributed by atoms with Gasteiger partial charge in [-0.25, -0.2) is 4.98 Å². The maximum Gasteiger partial charge on any atom is 0.221 e. The smallest absolute Gasteiger partial charge is 0.221 e. The van der Waals surface area contributed by atoms with Gasteiger partial charge in [-0.2, -0.15) is 0 Å². The second-order valence-corrected chi connectivity index (χ2v) is 4.62. The number of rotatable bonds is 2. The third kappa shape index (κ3) is 2.21. The van der Waals surface area contributed by atoms with Crippen molar-refractivity contribution in [1.29, 1.82) is 0 Å². The van der Waals surface area contributed by atoms with Gasteiger partial charge in [0, 0.05) is 10.7 Å². The first kappa shape index (κ1) is 11.8. The van der Waals surface area contributed by atoms with Crippen LogP contribution in [0.25, 0.3) is 0 Å². The Labute approximate surface area is 103 Å². The molecule has 0 amide bonds. The predicted molar refractivity (Wildman–Crippen MR) is 62.4 cm³/mol. The Hall–Kier alpha value is -0.650. The topological polar surface area (TPSA) is 40.6 Å². The second-order valence-electron chi connectivity index (χ2n) is 3.71. The number of nitrogens with zero attached hydrogens (tertiary/aromatic N) is 1. The van der Waals surface area contributed by atoms with Crippen LogP contribution in [0.4, 0.5) is 0 Å². The molecular formula is C11H14BrNO3. The van der Waals surface area contributed by atoms with Gasteiger partial charge in [0.05, 0.1) is 25.9 Å². The first-order chi connectivity index (χ1) is 7.65. The normalized spacial score (nSPS) is 19.4. The van der Waals surface area contributed by atoms with Gasteiger partial charge in [-0.05, 0) is 35.3 Å². The Morgan fingerprint density at radius 2 is 2.12 bits per heavy atom. The van der Waals surface area contributed by atoms with Crippen molar-refractivity contribution in [3.8, 4) is 5.88 Å². The second kappa shape index (κ2) is 4.69. The molecule has 0 aliphatic carbocycles. The van der Waals surface area contributed by atoms with Crippen LogP contribution in [0.2, 0.25) is 0 Å². The highest BCUT2D eigenvalue weighted by Gasteiger charge is 2.35. The zero-order valence-electron chi connectivity index (χ0n) is 9.33. The Morgan fingerprint density at radius 1 is 1.44 bits per heavy atom. The van der Waals surface area contributed by atoms with Crippen molar-refractivity contribution in [2.75, 3.05) is 20.3 Å². The highest BCUT2D eigenvalue weighted by molar-refractivity contribution is 9.10. The molecule has 2 heterocycles. The summed E-state index contributed by atoms with van der Waals surface area (Å²) in [4.78, 5) is 4.19. The molecule has 5 heteroatoms. The molecule has 1 aliphatic heterocycles. The summed E-state index contributed by atoms with van der Waals surface area (Å²) in [5.41, 5.74) is 0.809. The number of aromatic nitrogens is 1. The van der Waals surface area contributed by atoms with Crippen LogP contribution in [0, 0.1) is 0 Å². The fourth-order valence-electron chi connectivity index (χ4n) is 1.70. The van der Waals surface area contributed by atoms with E-state index in [0.29, 0.717) is 19.1 Å². The minimum absolute atomic E-state index is 0.535. The molecule has 88 valence electrons. The van der Waals surface area contributed by atoms with Crippen molar-refractivity contribution < 1.29 is 14.2 Å². The molecule has 1 aliphatic rings. The zero-order chi connectivity index (χ0) is 11.6. The Balaban J connectivity index is 2.40. The summed E-state index contributed by atoms with van der Waals surface area (Å²) in [6, 6.07) is 1.91. The molecule has 1 aromatic heterocycles. The van der Waals surface area contributed by atoms with Gasteiger partial charge in [-0.15, -0.1) is 0 Å². The van der Waals surface area contributed by atoms with Crippen LogP contribution < -0.4 is 4.74 Å². The molecule has 1 aromatic rings. The molecular weight excluding hydrogens is 274 g/mol. The molecule has 16 heavy (non-hydrogen) atoms. The van der Waals surface area contributed by atoms with Gasteiger partial charge in [0.2, 0.25) is 5.88 Å². The minimum atomic E-state index is -0.764. The van der Waals surface area contributed by atoms with E-state index < -0.39 is 5.79 Å². The van der Waals surface area contributed by atoms with E-state index in [9.17, 15) is 0 Å². The van der Waals surface area contributed by atoms with Crippen molar-refractivity contribution in [3.63, 3.8) is 0 Å². The summed E-state index contributed by atoms with van der Waals surface area (Å²) in [5.74, 6) is -0.229. The van der Waals surface area contributed by atoms with Crippen LogP contribution in [0.1, 0.15) is 18.9 Å². The van der Waals surface area contributed by atoms with Gasteiger partial charge >= 0.3 is 0 Å². The first-order valence-corrected chi connectivity index (χ1v) is 5.93. The average Bonchev–Trinajstić information content (AvgIpc) is 2.30. The predicted octanol–water partition coefficient (Wildman–Crippen LogP) is 2.46. The largest absolute Gasteiger partial charge is 0.481 e. The van der Waals surface area contributed by atoms with Gasteiger partial charge < -0.3 is 14.2 Å². The maximum atomic E-state index is 5.69. The van der Waals surface area contributed by atoms with E-state index in [0.717, 1.165) is 16.5 Å². The fourth-order valence-corrected chi connectivity index (χ4v) is 2.04. The Kier molecular flexibility index (Phi) is 3.47. The lowest BCUT2D eigenvalue weighted by Gasteiger charge is -2.34. The number of methoxy groups -OCH3 is 1. The molecule has 0 radical (unpaired) electrons. The number of ether oxygens (including phenoxy) is 3. The Morgan fingerprint density at radius 3 is 2.75 bits per heavy atom. The molecule has 2 rings (SSSR count). The SMILES string of the molecule is COc1ncc(Br)cc1C1(C)OCCCO1. The van der Waals surface area contributed by atoms with E-state index in [4.69, 9.17) is 14.2 Å². The highest BCUT2D eigenvalue weighted by Crippen LogP contribution is 2.36. The van der Waals surface area contributed by atoms with E-state index in [1.165, 1.54) is 0 Å². The zero-order valence-corrected chi connectivity index (χ0v) is 10.9. The van der Waals surface area contributed by atoms with E-state index >= 15 is 0 Å². The molecule has 0 saturated carbocycles. The summed E-state index contributed by atoms with van der Waals surface area (Å²) in [7, 11) is 1.59. The molecule has 0 aromatic carbocycles. The lowest BCUT2D eigenvalue weighted by Crippen LogP contribution is -2.35. The van der Waals surface area contributed by atoms with E-state index in [2.05, 4.69) is 20.9 Å². The lowest BCUT2D eigenvalue weighted by atomic mass is 10.1. The van der Waals surface area contributed by atoms with E-state index in [1.54, 1.807) is 13.3 Å². The molecule has 0 atom stereocenters. The minimum Gasteiger partial charge on any atom is -0.481 e. The molecule has 0 N–H and O–H groups in total. The molecule has 4 nitrogen and oxygen atoms in total. The Bertz CT molecular complexity index is 377. The van der Waals surface area contributed by atoms with Crippen molar-refractivity contribution in [2.24, 2.45) is 0 Å². The highest BCUT2D eigenvalue weighted by atomic mass is 79.9. The number of hydrogen-bond donors (Lipinski definition) is 0. The molecule has 0 bridgehead atoms. The van der Waals surface area contributed by atoms with Crippen molar-refractivity contribution in [3.05, 3.63) is 22.3 Å². The molecule has 0 unspecified atom stereocenters. The first-order valence-electron chi connectivity index (χ1n) is 5.13. The molecule has 1 fully saturated rings. The monoisotopic (exact) mass is 287 g/mol. The van der Waals surface area contributed by atoms with Gasteiger partial charge in [0.15, 0.2) is 5.79 Å². The lowest BCUT2D eigenvalue weighted by molar-refractivity contribution is -0.265. The number of hydrogen-bond acceptors (Lipinski definition) is 4. The van der Waals surface area contributed by atoms with Gasteiger partial charge in [0.25, 0.3) is 0 Å². The third-order valence-corrected chi connectivity index (χ3v) is 2.98. The van der Waals surface area contributed by atoms with Crippen molar-refractivity contribution >= 4 is 15.9 Å². The maximum absolute atomic E-state index is 5.69. The fraction of sp³-hybridized carbons (Fsp3) is 0.545. The summed E-state index contributed by atoms with van der Waals surface area (Å²) in [6.45, 7) is 3.26. The number of halogens is 1. The number of pyridine rings is 1. The molecule has 1 saturated heterocycles. The summed E-state index contributed by atoms with van der Waals surface area (Å²) in [6.07, 6.45) is 2.61. The summed E-state index contributed by atoms with van der Waals surface area (Å²) < 4.78 is 17.5. The van der Waals surface area contributed by atoms with Crippen LogP contribution in [0.15, 0.2) is 16.7 Å². The van der Waals surface area contributed by atoms with Crippen LogP contribution in [0.5, 0.6) is 5.88 Å². The average molecular weight is 288 g/mol. The van der Waals surface area contributed by atoms with Gasteiger partial charge in [0.1, 0.15) is 0 Å². The quantitative estimate of drug-likeness (QED) is 0.838. The molecule has 0 spiro atoms. The standard InChI is InChI=1S/C11H14BrNO3/c1-11(15-4-3-5-16-11)9-6-8(12)7-13-10(9)14-2/h6-7H,3-5H2,1-2H3. The van der Waals surface area contributed by atoms with E-state index in [1.807, 2.05) is 13.0 Å². The van der Waals surface area contributed by atoms with Crippen molar-refractivity contribution in [1.82, 2.24) is 4.98 Å². The van der Waals surface area contributed by atoms with Crippen LogP contribution in [-0.4, -0.2) is 25.3 Å². The van der Waals surface area contributed by atoms with Crippen LogP contribution >= 0.6 is 15.9 Å². The van der Waals surface area contributed by atoms with Crippen molar-refractivity contribution in [2.45, 2.75) is 19.1 Å². The van der Waals surface area contributed by atoms with E-state index in [-0.39, 0.29) is 0 Å². The van der Waals surface area contributed by atoms with Gasteiger partial charge in [-0.3, -0.25) is 0 Å². The summed E-state index contributed by atoms with van der Waals surface area (Å²) >= 11 is 3.39. The van der Waals surface area contributed by atoms with Gasteiger partial charge in [-0.1, -0.05) is 0 Å². The third-order valence-electron chi connectivity index (χ3n) is 2.54.